The van der Waals surface area contributed by atoms with E-state index in [-0.39, 0.29) is 24.2 Å². The first-order chi connectivity index (χ1) is 21.1. The van der Waals surface area contributed by atoms with Gasteiger partial charge in [-0.3, -0.25) is 39.2 Å². The van der Waals surface area contributed by atoms with Crippen LogP contribution in [-0.4, -0.2) is 76.1 Å². The quantitative estimate of drug-likeness (QED) is 0.458. The number of rotatable bonds is 6. The molecule has 0 spiro atoms. The van der Waals surface area contributed by atoms with Crippen molar-refractivity contribution in [3.8, 4) is 0 Å². The Bertz CT molecular complexity index is 1570. The molecule has 3 saturated heterocycles. The molecule has 1 N–H and O–H groups in total. The molecule has 4 aliphatic heterocycles. The van der Waals surface area contributed by atoms with Crippen molar-refractivity contribution in [3.05, 3.63) is 75.3 Å². The Balaban J connectivity index is 1.05. The standard InChI is InChI=1S/C35H39ClN4O4/c1-35(2)14-13-23(29(16-35)22-4-6-24(36)7-5-22)18-38-19-25-8-9-26(20-38)39(25)17-21-3-10-27-28(15-21)34(44)40(33(27)43)30-11-12-31(41)37-32(30)42/h3-7,10,15,25-26,30H,8-9,11-14,16-20H2,1-2H3,(H,37,41,42). The van der Waals surface area contributed by atoms with Gasteiger partial charge in [0.25, 0.3) is 11.8 Å². The second-order valence-corrected chi connectivity index (χ2v) is 14.4. The van der Waals surface area contributed by atoms with E-state index in [1.165, 1.54) is 17.6 Å². The minimum atomic E-state index is -0.946. The van der Waals surface area contributed by atoms with Gasteiger partial charge in [0.1, 0.15) is 6.04 Å². The maximum Gasteiger partial charge on any atom is 0.262 e. The van der Waals surface area contributed by atoms with Gasteiger partial charge in [0, 0.05) is 49.7 Å². The molecular formula is C35H39ClN4O4. The van der Waals surface area contributed by atoms with Crippen LogP contribution in [0.1, 0.15) is 90.6 Å². The molecule has 44 heavy (non-hydrogen) atoms. The molecule has 4 heterocycles. The van der Waals surface area contributed by atoms with Gasteiger partial charge in [-0.2, -0.15) is 0 Å². The number of halogens is 1. The maximum absolute atomic E-state index is 13.3. The fourth-order valence-corrected chi connectivity index (χ4v) is 8.15. The van der Waals surface area contributed by atoms with Crippen LogP contribution in [0.4, 0.5) is 0 Å². The number of imide groups is 2. The first-order valence-electron chi connectivity index (χ1n) is 15.9. The van der Waals surface area contributed by atoms with Crippen LogP contribution in [0.5, 0.6) is 0 Å². The summed E-state index contributed by atoms with van der Waals surface area (Å²) in [6.45, 7) is 8.50. The van der Waals surface area contributed by atoms with Gasteiger partial charge >= 0.3 is 0 Å². The highest BCUT2D eigenvalue weighted by Gasteiger charge is 2.45. The van der Waals surface area contributed by atoms with Crippen LogP contribution < -0.4 is 5.32 Å². The van der Waals surface area contributed by atoms with Gasteiger partial charge < -0.3 is 0 Å². The summed E-state index contributed by atoms with van der Waals surface area (Å²) in [6, 6.07) is 13.8. The third-order valence-corrected chi connectivity index (χ3v) is 10.6. The first kappa shape index (κ1) is 29.4. The molecule has 3 atom stereocenters. The Morgan fingerprint density at radius 1 is 0.864 bits per heavy atom. The van der Waals surface area contributed by atoms with Crippen molar-refractivity contribution >= 4 is 40.8 Å². The summed E-state index contributed by atoms with van der Waals surface area (Å²) in [5.74, 6) is -1.87. The molecule has 0 radical (unpaired) electrons. The SMILES string of the molecule is CC1(C)CCC(CN2CC3CCC(C2)N3Cc2ccc3c(c2)C(=O)N(C2CCC(=O)NC2=O)C3=O)=C(c2ccc(Cl)cc2)C1. The molecule has 5 aliphatic rings. The summed E-state index contributed by atoms with van der Waals surface area (Å²) in [5, 5.41) is 3.03. The van der Waals surface area contributed by atoms with Crippen molar-refractivity contribution in [2.24, 2.45) is 5.41 Å². The topological polar surface area (TPSA) is 90.0 Å². The fourth-order valence-electron chi connectivity index (χ4n) is 8.03. The van der Waals surface area contributed by atoms with Crippen molar-refractivity contribution in [2.75, 3.05) is 19.6 Å². The Labute approximate surface area is 263 Å². The number of nitrogens with one attached hydrogen (secondary N) is 1. The normalized spacial score (nSPS) is 27.2. The molecule has 2 aromatic carbocycles. The van der Waals surface area contributed by atoms with Gasteiger partial charge in [0.05, 0.1) is 11.1 Å². The summed E-state index contributed by atoms with van der Waals surface area (Å²) >= 11 is 6.21. The minimum Gasteiger partial charge on any atom is -0.296 e. The average molecular weight is 615 g/mol. The van der Waals surface area contributed by atoms with Gasteiger partial charge in [-0.25, -0.2) is 0 Å². The number of benzene rings is 2. The Kier molecular flexibility index (Phi) is 7.50. The molecule has 0 saturated carbocycles. The molecule has 8 nitrogen and oxygen atoms in total. The zero-order valence-electron chi connectivity index (χ0n) is 25.4. The van der Waals surface area contributed by atoms with Crippen LogP contribution in [0.2, 0.25) is 5.02 Å². The van der Waals surface area contributed by atoms with E-state index >= 15 is 0 Å². The molecule has 9 heteroatoms. The van der Waals surface area contributed by atoms with E-state index in [4.69, 9.17) is 11.6 Å². The number of piperidine rings is 1. The summed E-state index contributed by atoms with van der Waals surface area (Å²) in [7, 11) is 0. The lowest BCUT2D eigenvalue weighted by Crippen LogP contribution is -2.54. The highest BCUT2D eigenvalue weighted by atomic mass is 35.5. The molecule has 3 unspecified atom stereocenters. The van der Waals surface area contributed by atoms with E-state index in [1.807, 2.05) is 24.3 Å². The molecule has 230 valence electrons. The minimum absolute atomic E-state index is 0.113. The van der Waals surface area contributed by atoms with Crippen LogP contribution in [0.3, 0.4) is 0 Å². The monoisotopic (exact) mass is 614 g/mol. The lowest BCUT2D eigenvalue weighted by atomic mass is 9.72. The van der Waals surface area contributed by atoms with Gasteiger partial charge in [-0.05, 0) is 84.9 Å². The fraction of sp³-hybridized carbons (Fsp3) is 0.486. The highest BCUT2D eigenvalue weighted by molar-refractivity contribution is 6.30. The van der Waals surface area contributed by atoms with Crippen LogP contribution >= 0.6 is 11.6 Å². The van der Waals surface area contributed by atoms with Crippen molar-refractivity contribution < 1.29 is 19.2 Å². The number of carbonyl (C=O) groups excluding carboxylic acids is 4. The number of fused-ring (bicyclic) bond motifs is 3. The molecule has 0 aromatic heterocycles. The third-order valence-electron chi connectivity index (χ3n) is 10.4. The van der Waals surface area contributed by atoms with Gasteiger partial charge in [-0.1, -0.05) is 49.2 Å². The lowest BCUT2D eigenvalue weighted by molar-refractivity contribution is -0.136. The summed E-state index contributed by atoms with van der Waals surface area (Å²) in [6.07, 6.45) is 5.99. The van der Waals surface area contributed by atoms with Crippen molar-refractivity contribution in [3.63, 3.8) is 0 Å². The predicted molar refractivity (Wildman–Crippen MR) is 168 cm³/mol. The molecule has 2 aromatic rings. The molecular weight excluding hydrogens is 576 g/mol. The molecule has 4 amide bonds. The first-order valence-corrected chi connectivity index (χ1v) is 16.2. The van der Waals surface area contributed by atoms with Crippen molar-refractivity contribution in [2.45, 2.75) is 83.5 Å². The maximum atomic E-state index is 13.3. The van der Waals surface area contributed by atoms with E-state index in [2.05, 4.69) is 41.1 Å². The Hall–Kier alpha value is -3.33. The third kappa shape index (κ3) is 5.41. The van der Waals surface area contributed by atoms with Crippen molar-refractivity contribution in [1.82, 2.24) is 20.0 Å². The van der Waals surface area contributed by atoms with Crippen molar-refractivity contribution in [1.29, 1.82) is 0 Å². The number of nitrogens with zero attached hydrogens (tertiary/aromatic N) is 3. The number of likely N-dealkylation sites (tertiary alicyclic amines) is 1. The number of amides is 4. The number of allylic oxidation sites excluding steroid dienone is 1. The second kappa shape index (κ2) is 11.2. The largest absolute Gasteiger partial charge is 0.296 e. The van der Waals surface area contributed by atoms with E-state index in [0.717, 1.165) is 67.3 Å². The number of carbonyl (C=O) groups is 4. The molecule has 3 fully saturated rings. The molecule has 7 rings (SSSR count). The highest BCUT2D eigenvalue weighted by Crippen LogP contribution is 2.44. The van der Waals surface area contributed by atoms with E-state index in [9.17, 15) is 19.2 Å². The molecule has 1 aliphatic carbocycles. The molecule has 2 bridgehead atoms. The summed E-state index contributed by atoms with van der Waals surface area (Å²) in [5.41, 5.74) is 6.30. The zero-order chi connectivity index (χ0) is 30.7. The Morgan fingerprint density at radius 3 is 2.27 bits per heavy atom. The average Bonchev–Trinajstić information content (AvgIpc) is 3.36. The zero-order valence-corrected chi connectivity index (χ0v) is 26.2. The smallest absolute Gasteiger partial charge is 0.262 e. The second-order valence-electron chi connectivity index (χ2n) is 14.0. The number of hydrogen-bond donors (Lipinski definition) is 1. The van der Waals surface area contributed by atoms with Gasteiger partial charge in [0.2, 0.25) is 11.8 Å². The van der Waals surface area contributed by atoms with E-state index in [0.29, 0.717) is 23.2 Å². The van der Waals surface area contributed by atoms with Crippen LogP contribution in [0.25, 0.3) is 5.57 Å². The van der Waals surface area contributed by atoms with E-state index < -0.39 is 23.8 Å². The van der Waals surface area contributed by atoms with Gasteiger partial charge in [0.15, 0.2) is 0 Å². The van der Waals surface area contributed by atoms with Crippen LogP contribution in [-0.2, 0) is 16.1 Å². The Morgan fingerprint density at radius 2 is 1.57 bits per heavy atom. The summed E-state index contributed by atoms with van der Waals surface area (Å²) in [4.78, 5) is 56.8. The number of hydrogen-bond acceptors (Lipinski definition) is 6. The number of piperazine rings is 1. The lowest BCUT2D eigenvalue weighted by Gasteiger charge is -2.43. The summed E-state index contributed by atoms with van der Waals surface area (Å²) < 4.78 is 0. The van der Waals surface area contributed by atoms with Crippen LogP contribution in [0.15, 0.2) is 48.0 Å². The van der Waals surface area contributed by atoms with Crippen LogP contribution in [0, 0.1) is 5.41 Å². The predicted octanol–water partition coefficient (Wildman–Crippen LogP) is 5.05. The van der Waals surface area contributed by atoms with Gasteiger partial charge in [-0.15, -0.1) is 0 Å². The van der Waals surface area contributed by atoms with E-state index in [1.54, 1.807) is 11.6 Å².